The molecule has 0 aliphatic carbocycles. The van der Waals surface area contributed by atoms with E-state index in [-0.39, 0.29) is 11.8 Å². The molecule has 2 N–H and O–H groups in total. The van der Waals surface area contributed by atoms with E-state index in [1.165, 1.54) is 31.6 Å². The average molecular weight is 335 g/mol. The van der Waals surface area contributed by atoms with Crippen LogP contribution in [0.2, 0.25) is 0 Å². The summed E-state index contributed by atoms with van der Waals surface area (Å²) in [6.07, 6.45) is 3.44. The number of likely N-dealkylation sites (tertiary alicyclic amines) is 1. The van der Waals surface area contributed by atoms with Crippen LogP contribution in [0.25, 0.3) is 0 Å². The molecule has 1 aliphatic rings. The lowest BCUT2D eigenvalue weighted by Gasteiger charge is -2.34. The molecule has 4 nitrogen and oxygen atoms in total. The summed E-state index contributed by atoms with van der Waals surface area (Å²) < 4.78 is 12.8. The summed E-state index contributed by atoms with van der Waals surface area (Å²) in [7, 11) is 0. The van der Waals surface area contributed by atoms with Gasteiger partial charge in [0.2, 0.25) is 0 Å². The van der Waals surface area contributed by atoms with Crippen molar-refractivity contribution in [1.29, 1.82) is 0 Å². The summed E-state index contributed by atoms with van der Waals surface area (Å²) >= 11 is 0. The normalized spacial score (nSPS) is 21.5. The lowest BCUT2D eigenvalue weighted by molar-refractivity contribution is 0.139. The Hall–Kier alpha value is -1.62. The number of benzene rings is 1. The number of halogens is 1. The molecule has 1 saturated heterocycles. The largest absolute Gasteiger partial charge is 0.338 e. The Morgan fingerprint density at radius 2 is 1.79 bits per heavy atom. The minimum absolute atomic E-state index is 0.167. The van der Waals surface area contributed by atoms with Gasteiger partial charge in [-0.1, -0.05) is 26.0 Å². The first-order chi connectivity index (χ1) is 11.5. The molecule has 2 rings (SSSR count). The highest BCUT2D eigenvalue weighted by molar-refractivity contribution is 5.73. The van der Waals surface area contributed by atoms with Crippen LogP contribution < -0.4 is 10.6 Å². The Morgan fingerprint density at radius 3 is 2.46 bits per heavy atom. The molecular formula is C19H30FN3O. The highest BCUT2D eigenvalue weighted by Crippen LogP contribution is 2.20. The van der Waals surface area contributed by atoms with Crippen LogP contribution in [0.1, 0.15) is 38.7 Å². The van der Waals surface area contributed by atoms with Crippen LogP contribution in [0.15, 0.2) is 24.3 Å². The molecule has 0 radical (unpaired) electrons. The minimum atomic E-state index is -0.263. The van der Waals surface area contributed by atoms with Crippen molar-refractivity contribution in [2.75, 3.05) is 26.2 Å². The zero-order chi connectivity index (χ0) is 17.4. The van der Waals surface area contributed by atoms with Crippen LogP contribution in [0.3, 0.4) is 0 Å². The van der Waals surface area contributed by atoms with E-state index in [0.717, 1.165) is 36.8 Å². The predicted octanol–water partition coefficient (Wildman–Crippen LogP) is 3.38. The van der Waals surface area contributed by atoms with Gasteiger partial charge in [0, 0.05) is 26.2 Å². The zero-order valence-electron chi connectivity index (χ0n) is 14.9. The molecule has 134 valence electrons. The number of hydrogen-bond donors (Lipinski definition) is 2. The van der Waals surface area contributed by atoms with Crippen LogP contribution in [0, 0.1) is 17.7 Å². The van der Waals surface area contributed by atoms with E-state index in [2.05, 4.69) is 29.4 Å². The van der Waals surface area contributed by atoms with E-state index in [0.29, 0.717) is 13.1 Å². The van der Waals surface area contributed by atoms with Crippen LogP contribution >= 0.6 is 0 Å². The molecule has 1 fully saturated rings. The topological polar surface area (TPSA) is 44.4 Å². The second kappa shape index (κ2) is 9.62. The van der Waals surface area contributed by atoms with Crippen molar-refractivity contribution in [3.05, 3.63) is 35.6 Å². The molecule has 0 unspecified atom stereocenters. The van der Waals surface area contributed by atoms with Gasteiger partial charge in [0.25, 0.3) is 0 Å². The van der Waals surface area contributed by atoms with Crippen LogP contribution in [-0.4, -0.2) is 37.1 Å². The van der Waals surface area contributed by atoms with Crippen molar-refractivity contribution >= 4 is 6.03 Å². The van der Waals surface area contributed by atoms with Gasteiger partial charge in [0.15, 0.2) is 0 Å². The maximum Gasteiger partial charge on any atom is 0.315 e. The predicted molar refractivity (Wildman–Crippen MR) is 95.3 cm³/mol. The van der Waals surface area contributed by atoms with E-state index in [4.69, 9.17) is 0 Å². The SMILES string of the molecule is C[C@H]1C[C@H](C)CN(CCCCNC(=O)NCc2ccc(F)cc2)C1. The molecule has 2 atom stereocenters. The van der Waals surface area contributed by atoms with Crippen molar-refractivity contribution < 1.29 is 9.18 Å². The fraction of sp³-hybridized carbons (Fsp3) is 0.632. The molecular weight excluding hydrogens is 305 g/mol. The van der Waals surface area contributed by atoms with Gasteiger partial charge >= 0.3 is 6.03 Å². The van der Waals surface area contributed by atoms with Gasteiger partial charge in [0.05, 0.1) is 0 Å². The molecule has 5 heteroatoms. The number of rotatable bonds is 7. The fourth-order valence-corrected chi connectivity index (χ4v) is 3.48. The van der Waals surface area contributed by atoms with Gasteiger partial charge in [-0.15, -0.1) is 0 Å². The van der Waals surface area contributed by atoms with Crippen LogP contribution in [0.5, 0.6) is 0 Å². The first kappa shape index (κ1) is 18.7. The highest BCUT2D eigenvalue weighted by atomic mass is 19.1. The van der Waals surface area contributed by atoms with Gasteiger partial charge in [-0.25, -0.2) is 9.18 Å². The Labute approximate surface area is 144 Å². The number of urea groups is 1. The molecule has 1 heterocycles. The van der Waals surface area contributed by atoms with Crippen molar-refractivity contribution in [3.8, 4) is 0 Å². The molecule has 24 heavy (non-hydrogen) atoms. The third-order valence-electron chi connectivity index (χ3n) is 4.50. The summed E-state index contributed by atoms with van der Waals surface area (Å²) in [4.78, 5) is 14.3. The van der Waals surface area contributed by atoms with E-state index < -0.39 is 0 Å². The lowest BCUT2D eigenvalue weighted by atomic mass is 9.92. The molecule has 1 aliphatic heterocycles. The van der Waals surface area contributed by atoms with E-state index >= 15 is 0 Å². The summed E-state index contributed by atoms with van der Waals surface area (Å²) in [5.41, 5.74) is 0.889. The van der Waals surface area contributed by atoms with E-state index in [9.17, 15) is 9.18 Å². The molecule has 1 aromatic carbocycles. The summed E-state index contributed by atoms with van der Waals surface area (Å²) in [6, 6.07) is 5.99. The van der Waals surface area contributed by atoms with Gasteiger partial charge in [-0.3, -0.25) is 0 Å². The number of carbonyl (C=O) groups excluding carboxylic acids is 1. The quantitative estimate of drug-likeness (QED) is 0.750. The lowest BCUT2D eigenvalue weighted by Crippen LogP contribution is -2.39. The number of piperidine rings is 1. The van der Waals surface area contributed by atoms with Gasteiger partial charge in [-0.05, 0) is 55.3 Å². The third-order valence-corrected chi connectivity index (χ3v) is 4.50. The number of carbonyl (C=O) groups is 1. The molecule has 0 spiro atoms. The number of nitrogens with one attached hydrogen (secondary N) is 2. The summed E-state index contributed by atoms with van der Waals surface area (Å²) in [5.74, 6) is 1.33. The Kier molecular flexibility index (Phi) is 7.50. The second-order valence-corrected chi connectivity index (χ2v) is 7.15. The highest BCUT2D eigenvalue weighted by Gasteiger charge is 2.20. The van der Waals surface area contributed by atoms with Crippen molar-refractivity contribution in [2.24, 2.45) is 11.8 Å². The van der Waals surface area contributed by atoms with Crippen molar-refractivity contribution in [1.82, 2.24) is 15.5 Å². The summed E-state index contributed by atoms with van der Waals surface area (Å²) in [6.45, 7) is 9.29. The number of amides is 2. The minimum Gasteiger partial charge on any atom is -0.338 e. The van der Waals surface area contributed by atoms with Crippen LogP contribution in [-0.2, 0) is 6.54 Å². The number of hydrogen-bond acceptors (Lipinski definition) is 2. The summed E-state index contributed by atoms with van der Waals surface area (Å²) in [5, 5.41) is 5.66. The van der Waals surface area contributed by atoms with Crippen molar-refractivity contribution in [2.45, 2.75) is 39.7 Å². The first-order valence-corrected chi connectivity index (χ1v) is 9.01. The molecule has 0 aromatic heterocycles. The third kappa shape index (κ3) is 6.87. The maximum atomic E-state index is 12.8. The fourth-order valence-electron chi connectivity index (χ4n) is 3.48. The average Bonchev–Trinajstić information content (AvgIpc) is 2.53. The Balaban J connectivity index is 1.52. The van der Waals surface area contributed by atoms with Gasteiger partial charge < -0.3 is 15.5 Å². The Bertz CT molecular complexity index is 496. The number of unbranched alkanes of at least 4 members (excludes halogenated alkanes) is 1. The smallest absolute Gasteiger partial charge is 0.315 e. The van der Waals surface area contributed by atoms with Gasteiger partial charge in [0.1, 0.15) is 5.82 Å². The first-order valence-electron chi connectivity index (χ1n) is 9.01. The second-order valence-electron chi connectivity index (χ2n) is 7.15. The zero-order valence-corrected chi connectivity index (χ0v) is 14.9. The van der Waals surface area contributed by atoms with E-state index in [1.807, 2.05) is 0 Å². The standard InChI is InChI=1S/C19H30FN3O/c1-15-11-16(2)14-23(13-15)10-4-3-9-21-19(24)22-12-17-5-7-18(20)8-6-17/h5-8,15-16H,3-4,9-14H2,1-2H3,(H2,21,22,24)/t15-,16-/m0/s1. The Morgan fingerprint density at radius 1 is 1.12 bits per heavy atom. The van der Waals surface area contributed by atoms with Crippen LogP contribution in [0.4, 0.5) is 9.18 Å². The van der Waals surface area contributed by atoms with Gasteiger partial charge in [-0.2, -0.15) is 0 Å². The molecule has 0 saturated carbocycles. The monoisotopic (exact) mass is 335 g/mol. The maximum absolute atomic E-state index is 12.8. The molecule has 0 bridgehead atoms. The molecule has 2 amide bonds. The van der Waals surface area contributed by atoms with Crippen molar-refractivity contribution in [3.63, 3.8) is 0 Å². The number of nitrogens with zero attached hydrogens (tertiary/aromatic N) is 1. The van der Waals surface area contributed by atoms with E-state index in [1.54, 1.807) is 12.1 Å². The molecule has 1 aromatic rings.